The Hall–Kier alpha value is -2.90. The molecule has 0 radical (unpaired) electrons. The van der Waals surface area contributed by atoms with Crippen LogP contribution in [-0.4, -0.2) is 38.0 Å². The molecule has 8 heteroatoms. The van der Waals surface area contributed by atoms with Crippen LogP contribution in [0.5, 0.6) is 0 Å². The van der Waals surface area contributed by atoms with Crippen LogP contribution in [0.4, 0.5) is 0 Å². The molecule has 2 aromatic rings. The van der Waals surface area contributed by atoms with Gasteiger partial charge in [-0.3, -0.25) is 19.1 Å². The highest BCUT2D eigenvalue weighted by Gasteiger charge is 2.20. The lowest BCUT2D eigenvalue weighted by Crippen LogP contribution is -2.28. The highest BCUT2D eigenvalue weighted by Crippen LogP contribution is 2.14. The molecule has 0 unspecified atom stereocenters. The van der Waals surface area contributed by atoms with Crippen LogP contribution in [0.1, 0.15) is 46.3 Å². The van der Waals surface area contributed by atoms with Crippen molar-refractivity contribution >= 4 is 11.8 Å². The Bertz CT molecular complexity index is 912. The largest absolute Gasteiger partial charge is 0.363 e. The van der Waals surface area contributed by atoms with Gasteiger partial charge in [0, 0.05) is 43.0 Å². The highest BCUT2D eigenvalue weighted by molar-refractivity contribution is 5.92. The van der Waals surface area contributed by atoms with Crippen LogP contribution < -0.4 is 10.7 Å². The molecular weight excluding hydrogens is 334 g/mol. The van der Waals surface area contributed by atoms with E-state index in [0.717, 1.165) is 12.1 Å². The molecule has 138 valence electrons. The third-order valence-corrected chi connectivity index (χ3v) is 4.73. The number of nitrogens with one attached hydrogen (secondary N) is 2. The van der Waals surface area contributed by atoms with Crippen LogP contribution in [0.15, 0.2) is 17.1 Å². The summed E-state index contributed by atoms with van der Waals surface area (Å²) in [5, 5.41) is 7.16. The molecule has 0 saturated heterocycles. The average Bonchev–Trinajstić information content (AvgIpc) is 2.90. The summed E-state index contributed by atoms with van der Waals surface area (Å²) in [4.78, 5) is 40.8. The van der Waals surface area contributed by atoms with E-state index in [9.17, 15) is 14.4 Å². The van der Waals surface area contributed by atoms with Gasteiger partial charge in [0.15, 0.2) is 11.1 Å². The minimum Gasteiger partial charge on any atom is -0.363 e. The van der Waals surface area contributed by atoms with E-state index in [1.807, 2.05) is 0 Å². The lowest BCUT2D eigenvalue weighted by Gasteiger charge is -2.17. The number of aromatic nitrogens is 3. The van der Waals surface area contributed by atoms with E-state index in [4.69, 9.17) is 0 Å². The molecule has 2 aromatic heterocycles. The molecule has 1 aliphatic rings. The molecule has 0 fully saturated rings. The van der Waals surface area contributed by atoms with E-state index in [2.05, 4.69) is 15.4 Å². The summed E-state index contributed by atoms with van der Waals surface area (Å²) in [6, 6.07) is 1.72. The SMILES string of the molecule is CC(=O)N1CCCn2nc(C(=O)NCc3[nH]cc(C)c(=O)c3C)cc2C1. The molecule has 26 heavy (non-hydrogen) atoms. The van der Waals surface area contributed by atoms with Crippen LogP contribution in [-0.2, 0) is 24.4 Å². The van der Waals surface area contributed by atoms with E-state index in [0.29, 0.717) is 42.1 Å². The minimum absolute atomic E-state index is 0.0180. The molecule has 0 aromatic carbocycles. The fourth-order valence-electron chi connectivity index (χ4n) is 3.09. The third kappa shape index (κ3) is 3.54. The summed E-state index contributed by atoms with van der Waals surface area (Å²) >= 11 is 0. The molecule has 0 atom stereocenters. The fraction of sp³-hybridized carbons (Fsp3) is 0.444. The quantitative estimate of drug-likeness (QED) is 0.851. The predicted octanol–water partition coefficient (Wildman–Crippen LogP) is 0.870. The van der Waals surface area contributed by atoms with Crippen molar-refractivity contribution in [1.29, 1.82) is 0 Å². The van der Waals surface area contributed by atoms with Crippen molar-refractivity contribution in [2.24, 2.45) is 0 Å². The lowest BCUT2D eigenvalue weighted by atomic mass is 10.1. The number of amides is 2. The Morgan fingerprint density at radius 2 is 2.08 bits per heavy atom. The fourth-order valence-corrected chi connectivity index (χ4v) is 3.09. The molecule has 0 bridgehead atoms. The number of rotatable bonds is 3. The number of aromatic amines is 1. The van der Waals surface area contributed by atoms with E-state index in [-0.39, 0.29) is 23.8 Å². The van der Waals surface area contributed by atoms with E-state index in [1.165, 1.54) is 0 Å². The minimum atomic E-state index is -0.305. The van der Waals surface area contributed by atoms with Gasteiger partial charge in [-0.15, -0.1) is 0 Å². The molecular formula is C18H23N5O3. The first kappa shape index (κ1) is 17.9. The zero-order valence-corrected chi connectivity index (χ0v) is 15.3. The number of aryl methyl sites for hydroxylation is 2. The molecule has 0 aliphatic carbocycles. The van der Waals surface area contributed by atoms with Gasteiger partial charge in [0.2, 0.25) is 5.91 Å². The van der Waals surface area contributed by atoms with Crippen LogP contribution in [0, 0.1) is 13.8 Å². The van der Waals surface area contributed by atoms with Gasteiger partial charge in [-0.1, -0.05) is 0 Å². The van der Waals surface area contributed by atoms with Crippen molar-refractivity contribution in [2.45, 2.75) is 46.8 Å². The number of hydrogen-bond donors (Lipinski definition) is 2. The van der Waals surface area contributed by atoms with Crippen LogP contribution >= 0.6 is 0 Å². The van der Waals surface area contributed by atoms with Gasteiger partial charge < -0.3 is 15.2 Å². The Kier molecular flexibility index (Phi) is 4.92. The van der Waals surface area contributed by atoms with Crippen molar-refractivity contribution in [3.05, 3.63) is 50.7 Å². The third-order valence-electron chi connectivity index (χ3n) is 4.73. The van der Waals surface area contributed by atoms with Gasteiger partial charge in [0.25, 0.3) is 5.91 Å². The summed E-state index contributed by atoms with van der Waals surface area (Å²) in [6.45, 7) is 7.09. The number of pyridine rings is 1. The first-order valence-corrected chi connectivity index (χ1v) is 8.65. The van der Waals surface area contributed by atoms with Gasteiger partial charge in [0.1, 0.15) is 0 Å². The van der Waals surface area contributed by atoms with Crippen molar-refractivity contribution in [3.8, 4) is 0 Å². The van der Waals surface area contributed by atoms with Crippen molar-refractivity contribution < 1.29 is 9.59 Å². The van der Waals surface area contributed by atoms with Crippen molar-refractivity contribution in [2.75, 3.05) is 6.54 Å². The number of carbonyl (C=O) groups is 2. The molecule has 2 N–H and O–H groups in total. The van der Waals surface area contributed by atoms with Crippen LogP contribution in [0.3, 0.4) is 0 Å². The maximum absolute atomic E-state index is 12.4. The van der Waals surface area contributed by atoms with Crippen LogP contribution in [0.2, 0.25) is 0 Å². The lowest BCUT2D eigenvalue weighted by molar-refractivity contribution is -0.129. The Morgan fingerprint density at radius 1 is 1.31 bits per heavy atom. The Labute approximate surface area is 151 Å². The van der Waals surface area contributed by atoms with Crippen molar-refractivity contribution in [3.63, 3.8) is 0 Å². The summed E-state index contributed by atoms with van der Waals surface area (Å²) in [7, 11) is 0. The average molecular weight is 357 g/mol. The summed E-state index contributed by atoms with van der Waals surface area (Å²) in [6.07, 6.45) is 2.45. The molecule has 0 spiro atoms. The summed E-state index contributed by atoms with van der Waals surface area (Å²) in [5.41, 5.74) is 3.07. The maximum atomic E-state index is 12.4. The smallest absolute Gasteiger partial charge is 0.272 e. The summed E-state index contributed by atoms with van der Waals surface area (Å²) in [5.74, 6) is -0.287. The normalized spacial score (nSPS) is 13.9. The molecule has 3 heterocycles. The first-order valence-electron chi connectivity index (χ1n) is 8.65. The van der Waals surface area contributed by atoms with Gasteiger partial charge in [-0.25, -0.2) is 0 Å². The molecule has 2 amide bonds. The Balaban J connectivity index is 1.72. The monoisotopic (exact) mass is 357 g/mol. The van der Waals surface area contributed by atoms with E-state index < -0.39 is 0 Å². The topological polar surface area (TPSA) is 100 Å². The number of carbonyl (C=O) groups excluding carboxylic acids is 2. The second-order valence-corrected chi connectivity index (χ2v) is 6.63. The number of nitrogens with zero attached hydrogens (tertiary/aromatic N) is 3. The predicted molar refractivity (Wildman–Crippen MR) is 95.6 cm³/mol. The zero-order valence-electron chi connectivity index (χ0n) is 15.3. The number of fused-ring (bicyclic) bond motifs is 1. The molecule has 1 aliphatic heterocycles. The van der Waals surface area contributed by atoms with Gasteiger partial charge in [-0.05, 0) is 26.3 Å². The summed E-state index contributed by atoms with van der Waals surface area (Å²) < 4.78 is 1.79. The first-order chi connectivity index (χ1) is 12.4. The van der Waals surface area contributed by atoms with Gasteiger partial charge >= 0.3 is 0 Å². The maximum Gasteiger partial charge on any atom is 0.272 e. The van der Waals surface area contributed by atoms with Crippen molar-refractivity contribution in [1.82, 2.24) is 25.0 Å². The second-order valence-electron chi connectivity index (χ2n) is 6.63. The highest BCUT2D eigenvalue weighted by atomic mass is 16.2. The van der Waals surface area contributed by atoms with Gasteiger partial charge in [-0.2, -0.15) is 5.10 Å². The molecule has 8 nitrogen and oxygen atoms in total. The standard InChI is InChI=1S/C18H23N5O3/c1-11-8-19-16(12(2)17(11)25)9-20-18(26)15-7-14-10-22(13(3)24)5-4-6-23(14)21-15/h7-8H,4-6,9-10H2,1-3H3,(H,19,25)(H,20,26). The zero-order chi connectivity index (χ0) is 18.8. The second kappa shape index (κ2) is 7.15. The molecule has 0 saturated carbocycles. The number of hydrogen-bond acceptors (Lipinski definition) is 4. The van der Waals surface area contributed by atoms with Crippen LogP contribution in [0.25, 0.3) is 0 Å². The van der Waals surface area contributed by atoms with E-state index >= 15 is 0 Å². The van der Waals surface area contributed by atoms with Gasteiger partial charge in [0.05, 0.1) is 18.8 Å². The Morgan fingerprint density at radius 3 is 2.81 bits per heavy atom. The number of H-pyrrole nitrogens is 1. The van der Waals surface area contributed by atoms with E-state index in [1.54, 1.807) is 42.6 Å². The molecule has 3 rings (SSSR count).